The standard InChI is InChI=1S/C22H18FN3O3/c1-28-16-7-9-17(20(12-16)29-2)13-6-8-18-19(11-13)25-26-21(18)24-22(27)14-4-3-5-15(23)10-14/h3-12H,1-2H3,(H2,24,25,26,27). The Morgan fingerprint density at radius 1 is 1.03 bits per heavy atom. The molecule has 7 heteroatoms. The van der Waals surface area contributed by atoms with Crippen LogP contribution in [0.3, 0.4) is 0 Å². The summed E-state index contributed by atoms with van der Waals surface area (Å²) in [6.45, 7) is 0. The second-order valence-electron chi connectivity index (χ2n) is 6.36. The Bertz CT molecular complexity index is 1200. The van der Waals surface area contributed by atoms with Crippen LogP contribution in [-0.4, -0.2) is 30.3 Å². The zero-order valence-corrected chi connectivity index (χ0v) is 15.8. The monoisotopic (exact) mass is 391 g/mol. The molecule has 0 saturated carbocycles. The molecule has 0 aliphatic carbocycles. The van der Waals surface area contributed by atoms with Gasteiger partial charge in [0.1, 0.15) is 17.3 Å². The Morgan fingerprint density at radius 3 is 2.66 bits per heavy atom. The number of nitrogens with one attached hydrogen (secondary N) is 2. The van der Waals surface area contributed by atoms with Gasteiger partial charge in [-0.1, -0.05) is 12.1 Å². The van der Waals surface area contributed by atoms with E-state index in [-0.39, 0.29) is 5.56 Å². The normalized spacial score (nSPS) is 10.7. The highest BCUT2D eigenvalue weighted by Gasteiger charge is 2.14. The zero-order chi connectivity index (χ0) is 20.4. The summed E-state index contributed by atoms with van der Waals surface area (Å²) in [6, 6.07) is 16.8. The van der Waals surface area contributed by atoms with Crippen LogP contribution in [0.1, 0.15) is 10.4 Å². The molecule has 3 aromatic carbocycles. The van der Waals surface area contributed by atoms with Gasteiger partial charge < -0.3 is 14.8 Å². The first kappa shape index (κ1) is 18.5. The predicted molar refractivity (Wildman–Crippen MR) is 109 cm³/mol. The molecule has 4 aromatic rings. The number of ether oxygens (including phenoxy) is 2. The van der Waals surface area contributed by atoms with Crippen molar-refractivity contribution in [3.63, 3.8) is 0 Å². The molecule has 146 valence electrons. The van der Waals surface area contributed by atoms with Crippen molar-refractivity contribution in [2.75, 3.05) is 19.5 Å². The Labute approximate surface area is 166 Å². The lowest BCUT2D eigenvalue weighted by Gasteiger charge is -2.10. The van der Waals surface area contributed by atoms with E-state index < -0.39 is 11.7 Å². The Morgan fingerprint density at radius 2 is 1.90 bits per heavy atom. The van der Waals surface area contributed by atoms with Gasteiger partial charge in [-0.15, -0.1) is 0 Å². The van der Waals surface area contributed by atoms with E-state index in [4.69, 9.17) is 9.47 Å². The summed E-state index contributed by atoms with van der Waals surface area (Å²) < 4.78 is 24.1. The number of fused-ring (bicyclic) bond motifs is 1. The Kier molecular flexibility index (Phi) is 4.87. The summed E-state index contributed by atoms with van der Waals surface area (Å²) >= 11 is 0. The van der Waals surface area contributed by atoms with Gasteiger partial charge in [0.2, 0.25) is 0 Å². The van der Waals surface area contributed by atoms with Gasteiger partial charge in [-0.05, 0) is 48.0 Å². The second-order valence-corrected chi connectivity index (χ2v) is 6.36. The minimum Gasteiger partial charge on any atom is -0.497 e. The van der Waals surface area contributed by atoms with Crippen molar-refractivity contribution in [2.45, 2.75) is 0 Å². The van der Waals surface area contributed by atoms with Gasteiger partial charge in [0, 0.05) is 22.6 Å². The molecule has 0 saturated heterocycles. The molecular weight excluding hydrogens is 373 g/mol. The molecule has 1 heterocycles. The lowest BCUT2D eigenvalue weighted by molar-refractivity contribution is 0.102. The van der Waals surface area contributed by atoms with Crippen LogP contribution in [0.5, 0.6) is 11.5 Å². The maximum absolute atomic E-state index is 13.4. The number of amides is 1. The number of carbonyl (C=O) groups is 1. The van der Waals surface area contributed by atoms with Crippen molar-refractivity contribution in [1.82, 2.24) is 10.2 Å². The van der Waals surface area contributed by atoms with Crippen LogP contribution >= 0.6 is 0 Å². The molecule has 0 fully saturated rings. The van der Waals surface area contributed by atoms with E-state index in [2.05, 4.69) is 15.5 Å². The van der Waals surface area contributed by atoms with Gasteiger partial charge in [0.05, 0.1) is 19.7 Å². The smallest absolute Gasteiger partial charge is 0.256 e. The molecule has 0 aliphatic heterocycles. The van der Waals surface area contributed by atoms with E-state index in [9.17, 15) is 9.18 Å². The maximum Gasteiger partial charge on any atom is 0.256 e. The lowest BCUT2D eigenvalue weighted by Crippen LogP contribution is -2.12. The highest BCUT2D eigenvalue weighted by molar-refractivity contribution is 6.08. The van der Waals surface area contributed by atoms with Gasteiger partial charge in [0.25, 0.3) is 5.91 Å². The fraction of sp³-hybridized carbons (Fsp3) is 0.0909. The van der Waals surface area contributed by atoms with Crippen molar-refractivity contribution < 1.29 is 18.7 Å². The zero-order valence-electron chi connectivity index (χ0n) is 15.8. The van der Waals surface area contributed by atoms with Crippen molar-refractivity contribution >= 4 is 22.6 Å². The molecule has 0 bridgehead atoms. The molecule has 0 unspecified atom stereocenters. The third kappa shape index (κ3) is 3.62. The van der Waals surface area contributed by atoms with Gasteiger partial charge in [0.15, 0.2) is 5.82 Å². The van der Waals surface area contributed by atoms with Gasteiger partial charge >= 0.3 is 0 Å². The number of benzene rings is 3. The molecule has 6 nitrogen and oxygen atoms in total. The number of anilines is 1. The Hall–Kier alpha value is -3.87. The first-order valence-corrected chi connectivity index (χ1v) is 8.86. The van der Waals surface area contributed by atoms with E-state index >= 15 is 0 Å². The molecule has 2 N–H and O–H groups in total. The van der Waals surface area contributed by atoms with Gasteiger partial charge in [-0.3, -0.25) is 9.89 Å². The lowest BCUT2D eigenvalue weighted by atomic mass is 10.0. The minimum absolute atomic E-state index is 0.223. The molecule has 29 heavy (non-hydrogen) atoms. The number of halogens is 1. The highest BCUT2D eigenvalue weighted by Crippen LogP contribution is 2.35. The quantitative estimate of drug-likeness (QED) is 0.520. The van der Waals surface area contributed by atoms with Gasteiger partial charge in [-0.2, -0.15) is 5.10 Å². The molecule has 1 aromatic heterocycles. The van der Waals surface area contributed by atoms with Gasteiger partial charge in [-0.25, -0.2) is 4.39 Å². The summed E-state index contributed by atoms with van der Waals surface area (Å²) in [4.78, 5) is 12.4. The molecular formula is C22H18FN3O3. The number of H-pyrrole nitrogens is 1. The Balaban J connectivity index is 1.65. The predicted octanol–water partition coefficient (Wildman–Crippen LogP) is 4.64. The van der Waals surface area contributed by atoms with Crippen LogP contribution in [-0.2, 0) is 0 Å². The van der Waals surface area contributed by atoms with Crippen LogP contribution in [0.4, 0.5) is 10.2 Å². The summed E-state index contributed by atoms with van der Waals surface area (Å²) in [5.41, 5.74) is 2.79. The van der Waals surface area contributed by atoms with E-state index in [0.29, 0.717) is 17.3 Å². The van der Waals surface area contributed by atoms with E-state index in [1.807, 2.05) is 36.4 Å². The van der Waals surface area contributed by atoms with Crippen LogP contribution < -0.4 is 14.8 Å². The van der Waals surface area contributed by atoms with Crippen molar-refractivity contribution in [1.29, 1.82) is 0 Å². The number of methoxy groups -OCH3 is 2. The SMILES string of the molecule is COc1ccc(-c2ccc3c(NC(=O)c4cccc(F)c4)n[nH]c3c2)c(OC)c1. The number of hydrogen-bond acceptors (Lipinski definition) is 4. The average Bonchev–Trinajstić information content (AvgIpc) is 3.15. The average molecular weight is 391 g/mol. The largest absolute Gasteiger partial charge is 0.497 e. The molecule has 1 amide bonds. The van der Waals surface area contributed by atoms with Crippen molar-refractivity contribution in [3.8, 4) is 22.6 Å². The third-order valence-corrected chi connectivity index (χ3v) is 4.60. The van der Waals surface area contributed by atoms with E-state index in [0.717, 1.165) is 22.0 Å². The number of hydrogen-bond donors (Lipinski definition) is 2. The fourth-order valence-corrected chi connectivity index (χ4v) is 3.13. The first-order valence-electron chi connectivity index (χ1n) is 8.86. The number of nitrogens with zero attached hydrogens (tertiary/aromatic N) is 1. The summed E-state index contributed by atoms with van der Waals surface area (Å²) in [7, 11) is 3.21. The maximum atomic E-state index is 13.4. The van der Waals surface area contributed by atoms with Crippen molar-refractivity contribution in [2.24, 2.45) is 0 Å². The van der Waals surface area contributed by atoms with Crippen LogP contribution in [0.2, 0.25) is 0 Å². The molecule has 4 rings (SSSR count). The summed E-state index contributed by atoms with van der Waals surface area (Å²) in [6.07, 6.45) is 0. The van der Waals surface area contributed by atoms with E-state index in [1.165, 1.54) is 18.2 Å². The topological polar surface area (TPSA) is 76.2 Å². The third-order valence-electron chi connectivity index (χ3n) is 4.60. The fourth-order valence-electron chi connectivity index (χ4n) is 3.13. The second kappa shape index (κ2) is 7.63. The van der Waals surface area contributed by atoms with Crippen LogP contribution in [0.25, 0.3) is 22.0 Å². The molecule has 0 atom stereocenters. The molecule has 0 radical (unpaired) electrons. The number of aromatic amines is 1. The number of aromatic nitrogens is 2. The highest BCUT2D eigenvalue weighted by atomic mass is 19.1. The van der Waals surface area contributed by atoms with Crippen molar-refractivity contribution in [3.05, 3.63) is 72.0 Å². The summed E-state index contributed by atoms with van der Waals surface area (Å²) in [5.74, 6) is 0.863. The minimum atomic E-state index is -0.470. The number of rotatable bonds is 5. The molecule has 0 spiro atoms. The van der Waals surface area contributed by atoms with E-state index in [1.54, 1.807) is 20.3 Å². The van der Waals surface area contributed by atoms with Crippen LogP contribution in [0.15, 0.2) is 60.7 Å². The first-order chi connectivity index (χ1) is 14.1. The van der Waals surface area contributed by atoms with Crippen LogP contribution in [0, 0.1) is 5.82 Å². The molecule has 0 aliphatic rings. The number of carbonyl (C=O) groups excluding carboxylic acids is 1. The summed E-state index contributed by atoms with van der Waals surface area (Å²) in [5, 5.41) is 10.6.